The summed E-state index contributed by atoms with van der Waals surface area (Å²) in [6.45, 7) is 1.06. The molecule has 148 valence electrons. The maximum absolute atomic E-state index is 12.6. The van der Waals surface area contributed by atoms with Crippen molar-refractivity contribution in [1.82, 2.24) is 10.3 Å². The summed E-state index contributed by atoms with van der Waals surface area (Å²) >= 11 is 1.64. The maximum Gasteiger partial charge on any atom is 0.231 e. The predicted octanol–water partition coefficient (Wildman–Crippen LogP) is 2.74. The van der Waals surface area contributed by atoms with Gasteiger partial charge >= 0.3 is 0 Å². The average molecular weight is 409 g/mol. The minimum absolute atomic E-state index is 0.0600. The Balaban J connectivity index is 1.18. The molecule has 1 N–H and O–H groups in total. The van der Waals surface area contributed by atoms with E-state index in [2.05, 4.69) is 10.3 Å². The van der Waals surface area contributed by atoms with Crippen molar-refractivity contribution in [2.24, 2.45) is 5.92 Å². The van der Waals surface area contributed by atoms with Crippen molar-refractivity contribution < 1.29 is 19.1 Å². The van der Waals surface area contributed by atoms with Gasteiger partial charge in [0.25, 0.3) is 0 Å². The molecule has 2 aliphatic heterocycles. The van der Waals surface area contributed by atoms with Crippen LogP contribution in [0.4, 0.5) is 5.69 Å². The lowest BCUT2D eigenvalue weighted by Crippen LogP contribution is -2.34. The highest BCUT2D eigenvalue weighted by molar-refractivity contribution is 7.18. The number of para-hydroxylation sites is 1. The Morgan fingerprint density at radius 3 is 2.97 bits per heavy atom. The summed E-state index contributed by atoms with van der Waals surface area (Å²) in [5.74, 6) is 0.782. The monoisotopic (exact) mass is 409 g/mol. The summed E-state index contributed by atoms with van der Waals surface area (Å²) in [6, 6.07) is 13.4. The summed E-state index contributed by atoms with van der Waals surface area (Å²) in [7, 11) is 0. The second-order valence-electron chi connectivity index (χ2n) is 7.06. The largest absolute Gasteiger partial charge is 0.454 e. The molecular weight excluding hydrogens is 390 g/mol. The molecule has 7 nitrogen and oxygen atoms in total. The van der Waals surface area contributed by atoms with Crippen molar-refractivity contribution in [3.8, 4) is 11.5 Å². The lowest BCUT2D eigenvalue weighted by atomic mass is 10.1. The van der Waals surface area contributed by atoms with Crippen LogP contribution in [0.15, 0.2) is 42.5 Å². The third kappa shape index (κ3) is 3.51. The van der Waals surface area contributed by atoms with Gasteiger partial charge in [0.1, 0.15) is 0 Å². The van der Waals surface area contributed by atoms with Crippen LogP contribution in [-0.2, 0) is 16.0 Å². The Kier molecular flexibility index (Phi) is 4.55. The summed E-state index contributed by atoms with van der Waals surface area (Å²) in [4.78, 5) is 31.2. The Morgan fingerprint density at radius 1 is 1.21 bits per heavy atom. The average Bonchev–Trinajstić information content (AvgIpc) is 3.44. The minimum atomic E-state index is -0.358. The first-order chi connectivity index (χ1) is 14.2. The van der Waals surface area contributed by atoms with Crippen LogP contribution >= 0.6 is 11.3 Å². The molecule has 0 spiro atoms. The smallest absolute Gasteiger partial charge is 0.231 e. The zero-order chi connectivity index (χ0) is 19.8. The van der Waals surface area contributed by atoms with Crippen molar-refractivity contribution in [1.29, 1.82) is 0 Å². The molecule has 2 aliphatic rings. The number of ether oxygens (including phenoxy) is 2. The molecule has 1 aromatic heterocycles. The summed E-state index contributed by atoms with van der Waals surface area (Å²) in [6.07, 6.45) is 0.888. The van der Waals surface area contributed by atoms with Crippen molar-refractivity contribution in [2.75, 3.05) is 24.8 Å². The molecule has 2 amide bonds. The number of nitrogens with zero attached hydrogens (tertiary/aromatic N) is 2. The van der Waals surface area contributed by atoms with E-state index in [9.17, 15) is 9.59 Å². The van der Waals surface area contributed by atoms with Gasteiger partial charge in [-0.15, -0.1) is 11.3 Å². The topological polar surface area (TPSA) is 80.8 Å². The van der Waals surface area contributed by atoms with Crippen LogP contribution in [0.5, 0.6) is 11.5 Å². The Labute approximate surface area is 171 Å². The molecule has 1 fully saturated rings. The van der Waals surface area contributed by atoms with Gasteiger partial charge in [-0.05, 0) is 24.3 Å². The Morgan fingerprint density at radius 2 is 2.07 bits per heavy atom. The molecule has 3 heterocycles. The molecule has 0 aliphatic carbocycles. The summed E-state index contributed by atoms with van der Waals surface area (Å²) in [5.41, 5.74) is 1.71. The minimum Gasteiger partial charge on any atom is -0.454 e. The molecule has 1 unspecified atom stereocenters. The SMILES string of the molecule is O=C(NCCc1nc2ccccc2s1)C1CC(=O)N(c2ccc3c(c2)OCO3)C1. The van der Waals surface area contributed by atoms with E-state index in [4.69, 9.17) is 9.47 Å². The number of amides is 2. The van der Waals surface area contributed by atoms with E-state index in [1.54, 1.807) is 28.4 Å². The molecule has 8 heteroatoms. The lowest BCUT2D eigenvalue weighted by Gasteiger charge is -2.17. The van der Waals surface area contributed by atoms with Crippen LogP contribution in [0.25, 0.3) is 10.2 Å². The van der Waals surface area contributed by atoms with Gasteiger partial charge in [0.2, 0.25) is 18.6 Å². The van der Waals surface area contributed by atoms with Crippen LogP contribution < -0.4 is 19.7 Å². The second-order valence-corrected chi connectivity index (χ2v) is 8.17. The van der Waals surface area contributed by atoms with Crippen LogP contribution in [0.2, 0.25) is 0 Å². The zero-order valence-corrected chi connectivity index (χ0v) is 16.4. The molecule has 29 heavy (non-hydrogen) atoms. The van der Waals surface area contributed by atoms with E-state index in [1.807, 2.05) is 30.3 Å². The molecular formula is C21H19N3O4S. The Bertz CT molecular complexity index is 1060. The van der Waals surface area contributed by atoms with Crippen molar-refractivity contribution in [2.45, 2.75) is 12.8 Å². The number of hydrogen-bond acceptors (Lipinski definition) is 6. The van der Waals surface area contributed by atoms with E-state index >= 15 is 0 Å². The standard InChI is InChI=1S/C21H19N3O4S/c25-20-9-13(11-24(20)14-5-6-16-17(10-14)28-12-27-16)21(26)22-8-7-19-23-15-3-1-2-4-18(15)29-19/h1-6,10,13H,7-9,11-12H2,(H,22,26). The zero-order valence-electron chi connectivity index (χ0n) is 15.6. The van der Waals surface area contributed by atoms with Gasteiger partial charge in [-0.3, -0.25) is 9.59 Å². The fraction of sp³-hybridized carbons (Fsp3) is 0.286. The van der Waals surface area contributed by atoms with Crippen molar-refractivity contribution >= 4 is 39.1 Å². The van der Waals surface area contributed by atoms with Gasteiger partial charge in [-0.1, -0.05) is 12.1 Å². The molecule has 3 aromatic rings. The van der Waals surface area contributed by atoms with Gasteiger partial charge in [0.05, 0.1) is 21.1 Å². The molecule has 0 bridgehead atoms. The van der Waals surface area contributed by atoms with E-state index in [0.29, 0.717) is 31.0 Å². The van der Waals surface area contributed by atoms with E-state index in [-0.39, 0.29) is 30.9 Å². The number of fused-ring (bicyclic) bond motifs is 2. The fourth-order valence-corrected chi connectivity index (χ4v) is 4.62. The van der Waals surface area contributed by atoms with Crippen LogP contribution in [-0.4, -0.2) is 36.7 Å². The van der Waals surface area contributed by atoms with Gasteiger partial charge < -0.3 is 19.7 Å². The molecule has 1 atom stereocenters. The number of rotatable bonds is 5. The van der Waals surface area contributed by atoms with Gasteiger partial charge in [0, 0.05) is 37.7 Å². The van der Waals surface area contributed by atoms with Gasteiger partial charge in [-0.2, -0.15) is 0 Å². The second kappa shape index (κ2) is 7.36. The van der Waals surface area contributed by atoms with E-state index < -0.39 is 0 Å². The third-order valence-electron chi connectivity index (χ3n) is 5.14. The number of thiazole rings is 1. The third-order valence-corrected chi connectivity index (χ3v) is 6.24. The maximum atomic E-state index is 12.6. The van der Waals surface area contributed by atoms with Gasteiger partial charge in [0.15, 0.2) is 11.5 Å². The summed E-state index contributed by atoms with van der Waals surface area (Å²) < 4.78 is 11.8. The number of hydrogen-bond donors (Lipinski definition) is 1. The van der Waals surface area contributed by atoms with Gasteiger partial charge in [-0.25, -0.2) is 4.98 Å². The van der Waals surface area contributed by atoms with Crippen LogP contribution in [0.3, 0.4) is 0 Å². The first-order valence-corrected chi connectivity index (χ1v) is 10.3. The number of carbonyl (C=O) groups excluding carboxylic acids is 2. The first-order valence-electron chi connectivity index (χ1n) is 9.49. The lowest BCUT2D eigenvalue weighted by molar-refractivity contribution is -0.126. The van der Waals surface area contributed by atoms with Crippen molar-refractivity contribution in [3.05, 3.63) is 47.5 Å². The van der Waals surface area contributed by atoms with Crippen molar-refractivity contribution in [3.63, 3.8) is 0 Å². The highest BCUT2D eigenvalue weighted by Gasteiger charge is 2.35. The number of nitrogens with one attached hydrogen (secondary N) is 1. The highest BCUT2D eigenvalue weighted by Crippen LogP contribution is 2.37. The van der Waals surface area contributed by atoms with E-state index in [1.165, 1.54) is 0 Å². The number of benzene rings is 2. The molecule has 5 rings (SSSR count). The normalized spacial score (nSPS) is 17.9. The Hall–Kier alpha value is -3.13. The number of aromatic nitrogens is 1. The fourth-order valence-electron chi connectivity index (χ4n) is 3.65. The van der Waals surface area contributed by atoms with E-state index in [0.717, 1.165) is 20.9 Å². The van der Waals surface area contributed by atoms with Crippen LogP contribution in [0, 0.1) is 5.92 Å². The molecule has 0 saturated carbocycles. The first kappa shape index (κ1) is 17.9. The number of anilines is 1. The number of carbonyl (C=O) groups is 2. The molecule has 0 radical (unpaired) electrons. The molecule has 2 aromatic carbocycles. The quantitative estimate of drug-likeness (QED) is 0.701. The molecule has 1 saturated heterocycles. The predicted molar refractivity (Wildman–Crippen MR) is 109 cm³/mol. The summed E-state index contributed by atoms with van der Waals surface area (Å²) in [5, 5.41) is 3.95. The van der Waals surface area contributed by atoms with Crippen LogP contribution in [0.1, 0.15) is 11.4 Å². The highest BCUT2D eigenvalue weighted by atomic mass is 32.1.